The molecule has 5 atom stereocenters. The molecular weight excluding hydrogens is 352 g/mol. The Labute approximate surface area is 145 Å². The minimum atomic E-state index is -4.14. The fraction of sp³-hybridized carbons (Fsp3) is 0.562. The number of hydrogen-bond donors (Lipinski definition) is 0. The number of benzene rings is 1. The van der Waals surface area contributed by atoms with Gasteiger partial charge in [0.05, 0.1) is 4.90 Å². The Balaban J connectivity index is 1.54. The SMILES string of the molecule is Cc1ccc(S(=O)(=O)O[C@@H]2C(=O)O[C@@H]3[C@H]4OC(C)(C)O[C@H]4O[C@@H]32)cc1. The van der Waals surface area contributed by atoms with Gasteiger partial charge in [-0.15, -0.1) is 0 Å². The largest absolute Gasteiger partial charge is 0.454 e. The zero-order valence-corrected chi connectivity index (χ0v) is 14.7. The first-order valence-corrected chi connectivity index (χ1v) is 9.29. The van der Waals surface area contributed by atoms with E-state index in [4.69, 9.17) is 23.1 Å². The van der Waals surface area contributed by atoms with Crippen molar-refractivity contribution in [2.75, 3.05) is 0 Å². The molecule has 25 heavy (non-hydrogen) atoms. The van der Waals surface area contributed by atoms with Gasteiger partial charge in [-0.2, -0.15) is 8.42 Å². The van der Waals surface area contributed by atoms with Crippen molar-refractivity contribution in [1.29, 1.82) is 0 Å². The highest BCUT2D eigenvalue weighted by molar-refractivity contribution is 7.86. The summed E-state index contributed by atoms with van der Waals surface area (Å²) >= 11 is 0. The smallest absolute Gasteiger partial charge is 0.340 e. The lowest BCUT2D eigenvalue weighted by Gasteiger charge is -2.21. The molecule has 4 rings (SSSR count). The van der Waals surface area contributed by atoms with Gasteiger partial charge in [0.25, 0.3) is 10.1 Å². The summed E-state index contributed by atoms with van der Waals surface area (Å²) in [5, 5.41) is 0. The van der Waals surface area contributed by atoms with Gasteiger partial charge < -0.3 is 18.9 Å². The maximum absolute atomic E-state index is 12.4. The number of carbonyl (C=O) groups excluding carboxylic acids is 1. The molecule has 0 saturated carbocycles. The van der Waals surface area contributed by atoms with Crippen molar-refractivity contribution in [1.82, 2.24) is 0 Å². The summed E-state index contributed by atoms with van der Waals surface area (Å²) in [5.41, 5.74) is 0.906. The minimum absolute atomic E-state index is 0.0406. The Morgan fingerprint density at radius 1 is 1.04 bits per heavy atom. The van der Waals surface area contributed by atoms with Crippen LogP contribution in [-0.2, 0) is 38.0 Å². The highest BCUT2D eigenvalue weighted by Crippen LogP contribution is 2.43. The van der Waals surface area contributed by atoms with Gasteiger partial charge in [0.2, 0.25) is 6.10 Å². The molecule has 0 unspecified atom stereocenters. The fourth-order valence-electron chi connectivity index (χ4n) is 3.21. The number of ether oxygens (including phenoxy) is 4. The van der Waals surface area contributed by atoms with Crippen molar-refractivity contribution in [2.24, 2.45) is 0 Å². The second-order valence-corrected chi connectivity index (χ2v) is 8.33. The van der Waals surface area contributed by atoms with Crippen LogP contribution in [0.25, 0.3) is 0 Å². The van der Waals surface area contributed by atoms with Crippen LogP contribution in [0, 0.1) is 6.92 Å². The molecule has 0 aliphatic carbocycles. The molecule has 0 spiro atoms. The number of fused-ring (bicyclic) bond motifs is 3. The molecule has 136 valence electrons. The average Bonchev–Trinajstić information content (AvgIpc) is 3.08. The summed E-state index contributed by atoms with van der Waals surface area (Å²) in [5.74, 6) is -1.66. The molecule has 3 saturated heterocycles. The predicted octanol–water partition coefficient (Wildman–Crippen LogP) is 0.871. The standard InChI is InChI=1S/C16H18O8S/c1-8-4-6-9(7-5-8)25(18,19)24-12-10-11(20-14(12)17)13-15(21-10)23-16(2,3)22-13/h4-7,10-13,15H,1-3H3/t10-,11-,12-,13+,15+/m0/s1. The molecule has 3 aliphatic rings. The molecule has 3 aliphatic heterocycles. The molecule has 3 heterocycles. The van der Waals surface area contributed by atoms with Crippen LogP contribution in [0.15, 0.2) is 29.2 Å². The maximum Gasteiger partial charge on any atom is 0.340 e. The Morgan fingerprint density at radius 3 is 2.40 bits per heavy atom. The summed E-state index contributed by atoms with van der Waals surface area (Å²) in [4.78, 5) is 12.1. The van der Waals surface area contributed by atoms with Crippen molar-refractivity contribution in [3.8, 4) is 0 Å². The van der Waals surface area contributed by atoms with E-state index in [2.05, 4.69) is 0 Å². The van der Waals surface area contributed by atoms with E-state index in [1.165, 1.54) is 12.1 Å². The summed E-state index contributed by atoms with van der Waals surface area (Å²) < 4.78 is 52.2. The van der Waals surface area contributed by atoms with Gasteiger partial charge >= 0.3 is 5.97 Å². The molecular formula is C16H18O8S. The molecule has 0 bridgehead atoms. The van der Waals surface area contributed by atoms with Crippen LogP contribution in [0.2, 0.25) is 0 Å². The second kappa shape index (κ2) is 5.49. The third-order valence-electron chi connectivity index (χ3n) is 4.35. The quantitative estimate of drug-likeness (QED) is 0.571. The van der Waals surface area contributed by atoms with Crippen molar-refractivity contribution >= 4 is 16.1 Å². The van der Waals surface area contributed by atoms with Crippen LogP contribution in [0.1, 0.15) is 19.4 Å². The van der Waals surface area contributed by atoms with E-state index in [0.717, 1.165) is 5.56 Å². The van der Waals surface area contributed by atoms with Crippen LogP contribution in [0.3, 0.4) is 0 Å². The van der Waals surface area contributed by atoms with E-state index < -0.39 is 52.6 Å². The first-order chi connectivity index (χ1) is 11.7. The Morgan fingerprint density at radius 2 is 1.72 bits per heavy atom. The number of hydrogen-bond acceptors (Lipinski definition) is 8. The first kappa shape index (κ1) is 16.9. The monoisotopic (exact) mass is 370 g/mol. The topological polar surface area (TPSA) is 97.4 Å². The number of rotatable bonds is 3. The number of aryl methyl sites for hydroxylation is 1. The number of carbonyl (C=O) groups is 1. The van der Waals surface area contributed by atoms with E-state index in [-0.39, 0.29) is 4.90 Å². The van der Waals surface area contributed by atoms with E-state index in [1.807, 2.05) is 6.92 Å². The van der Waals surface area contributed by atoms with Gasteiger partial charge in [-0.1, -0.05) is 17.7 Å². The fourth-order valence-corrected chi connectivity index (χ4v) is 4.25. The van der Waals surface area contributed by atoms with E-state index in [1.54, 1.807) is 26.0 Å². The van der Waals surface area contributed by atoms with Crippen molar-refractivity contribution in [2.45, 2.75) is 62.2 Å². The summed E-state index contributed by atoms with van der Waals surface area (Å²) in [6.07, 6.45) is -4.40. The molecule has 0 aromatic heterocycles. The maximum atomic E-state index is 12.4. The third kappa shape index (κ3) is 2.85. The van der Waals surface area contributed by atoms with E-state index in [9.17, 15) is 13.2 Å². The van der Waals surface area contributed by atoms with Gasteiger partial charge in [0.15, 0.2) is 24.3 Å². The molecule has 3 fully saturated rings. The lowest BCUT2D eigenvalue weighted by molar-refractivity contribution is -0.213. The van der Waals surface area contributed by atoms with Crippen LogP contribution in [-0.4, -0.2) is 50.9 Å². The van der Waals surface area contributed by atoms with E-state index in [0.29, 0.717) is 0 Å². The normalized spacial score (nSPS) is 36.1. The van der Waals surface area contributed by atoms with Crippen molar-refractivity contribution in [3.05, 3.63) is 29.8 Å². The third-order valence-corrected chi connectivity index (χ3v) is 5.66. The van der Waals surface area contributed by atoms with E-state index >= 15 is 0 Å². The highest BCUT2D eigenvalue weighted by atomic mass is 32.2. The lowest BCUT2D eigenvalue weighted by Crippen LogP contribution is -2.37. The number of esters is 1. The van der Waals surface area contributed by atoms with Crippen LogP contribution in [0.5, 0.6) is 0 Å². The van der Waals surface area contributed by atoms with Gasteiger partial charge in [0, 0.05) is 0 Å². The van der Waals surface area contributed by atoms with Gasteiger partial charge in [0.1, 0.15) is 6.10 Å². The first-order valence-electron chi connectivity index (χ1n) is 7.88. The summed E-state index contributed by atoms with van der Waals surface area (Å²) in [6, 6.07) is 6.13. The Bertz CT molecular complexity index is 800. The molecule has 8 nitrogen and oxygen atoms in total. The zero-order chi connectivity index (χ0) is 18.0. The second-order valence-electron chi connectivity index (χ2n) is 6.75. The van der Waals surface area contributed by atoms with Crippen LogP contribution in [0.4, 0.5) is 0 Å². The summed E-state index contributed by atoms with van der Waals surface area (Å²) in [7, 11) is -4.14. The molecule has 9 heteroatoms. The molecule has 0 N–H and O–H groups in total. The van der Waals surface area contributed by atoms with Gasteiger partial charge in [-0.25, -0.2) is 8.98 Å². The molecule has 1 aromatic rings. The van der Waals surface area contributed by atoms with Gasteiger partial charge in [-0.3, -0.25) is 0 Å². The summed E-state index contributed by atoms with van der Waals surface area (Å²) in [6.45, 7) is 5.27. The zero-order valence-electron chi connectivity index (χ0n) is 13.9. The predicted molar refractivity (Wildman–Crippen MR) is 81.8 cm³/mol. The van der Waals surface area contributed by atoms with Gasteiger partial charge in [-0.05, 0) is 32.9 Å². The average molecular weight is 370 g/mol. The Hall–Kier alpha value is -1.52. The minimum Gasteiger partial charge on any atom is -0.454 e. The van der Waals surface area contributed by atoms with Crippen LogP contribution >= 0.6 is 0 Å². The van der Waals surface area contributed by atoms with Crippen LogP contribution < -0.4 is 0 Å². The molecule has 1 aromatic carbocycles. The molecule has 0 amide bonds. The van der Waals surface area contributed by atoms with Crippen molar-refractivity contribution in [3.63, 3.8) is 0 Å². The Kier molecular flexibility index (Phi) is 3.71. The highest BCUT2D eigenvalue weighted by Gasteiger charge is 2.64. The molecule has 0 radical (unpaired) electrons. The lowest BCUT2D eigenvalue weighted by atomic mass is 10.1. The van der Waals surface area contributed by atoms with Crippen molar-refractivity contribution < 1.29 is 36.3 Å².